The van der Waals surface area contributed by atoms with Crippen LogP contribution >= 0.6 is 0 Å². The SMILES string of the molecule is CC1CN(C(=O)CCNS(=O)(=O)c2ccc(F)cc2)CCC1C(=O)O. The van der Waals surface area contributed by atoms with E-state index in [-0.39, 0.29) is 29.7 Å². The molecule has 1 aliphatic rings. The summed E-state index contributed by atoms with van der Waals surface area (Å²) < 4.78 is 39.3. The van der Waals surface area contributed by atoms with Crippen LogP contribution in [-0.4, -0.2) is 49.9 Å². The number of piperidine rings is 1. The lowest BCUT2D eigenvalue weighted by molar-refractivity contribution is -0.148. The number of likely N-dealkylation sites (tertiary alicyclic amines) is 1. The number of amides is 1. The van der Waals surface area contributed by atoms with E-state index < -0.39 is 27.7 Å². The van der Waals surface area contributed by atoms with Crippen LogP contribution in [0.1, 0.15) is 19.8 Å². The Labute approximate surface area is 145 Å². The van der Waals surface area contributed by atoms with Gasteiger partial charge in [-0.1, -0.05) is 6.92 Å². The molecule has 1 heterocycles. The molecule has 1 amide bonds. The van der Waals surface area contributed by atoms with Crippen molar-refractivity contribution in [3.63, 3.8) is 0 Å². The van der Waals surface area contributed by atoms with Crippen LogP contribution in [-0.2, 0) is 19.6 Å². The number of hydrogen-bond acceptors (Lipinski definition) is 4. The maximum Gasteiger partial charge on any atom is 0.306 e. The molecule has 0 saturated carbocycles. The maximum absolute atomic E-state index is 12.8. The van der Waals surface area contributed by atoms with E-state index in [1.54, 1.807) is 11.8 Å². The Bertz CT molecular complexity index is 735. The molecule has 138 valence electrons. The lowest BCUT2D eigenvalue weighted by Crippen LogP contribution is -2.45. The van der Waals surface area contributed by atoms with Gasteiger partial charge in [-0.15, -0.1) is 0 Å². The minimum absolute atomic E-state index is 0.0229. The second-order valence-corrected chi connectivity index (χ2v) is 7.92. The summed E-state index contributed by atoms with van der Waals surface area (Å²) in [5.41, 5.74) is 0. The van der Waals surface area contributed by atoms with Crippen LogP contribution in [0.25, 0.3) is 0 Å². The van der Waals surface area contributed by atoms with E-state index in [2.05, 4.69) is 4.72 Å². The lowest BCUT2D eigenvalue weighted by atomic mass is 9.87. The van der Waals surface area contributed by atoms with Gasteiger partial charge in [-0.05, 0) is 36.6 Å². The number of carbonyl (C=O) groups is 2. The van der Waals surface area contributed by atoms with E-state index in [0.29, 0.717) is 19.5 Å². The monoisotopic (exact) mass is 372 g/mol. The fraction of sp³-hybridized carbons (Fsp3) is 0.500. The zero-order valence-electron chi connectivity index (χ0n) is 13.8. The van der Waals surface area contributed by atoms with E-state index in [4.69, 9.17) is 5.11 Å². The summed E-state index contributed by atoms with van der Waals surface area (Å²) in [5, 5.41) is 9.09. The van der Waals surface area contributed by atoms with E-state index in [0.717, 1.165) is 24.3 Å². The summed E-state index contributed by atoms with van der Waals surface area (Å²) >= 11 is 0. The van der Waals surface area contributed by atoms with Gasteiger partial charge < -0.3 is 10.0 Å². The van der Waals surface area contributed by atoms with E-state index in [1.165, 1.54) is 0 Å². The Kier molecular flexibility index (Phi) is 6.12. The minimum atomic E-state index is -3.80. The molecule has 7 nitrogen and oxygen atoms in total. The number of sulfonamides is 1. The number of carboxylic acid groups (broad SMARTS) is 1. The van der Waals surface area contributed by atoms with Crippen LogP contribution in [0.3, 0.4) is 0 Å². The van der Waals surface area contributed by atoms with Crippen LogP contribution in [0.5, 0.6) is 0 Å². The maximum atomic E-state index is 12.8. The van der Waals surface area contributed by atoms with Gasteiger partial charge in [-0.25, -0.2) is 17.5 Å². The van der Waals surface area contributed by atoms with Gasteiger partial charge in [0.2, 0.25) is 15.9 Å². The molecule has 2 unspecified atom stereocenters. The second-order valence-electron chi connectivity index (χ2n) is 6.15. The third-order valence-corrected chi connectivity index (χ3v) is 5.81. The first kappa shape index (κ1) is 19.3. The van der Waals surface area contributed by atoms with Crippen molar-refractivity contribution in [3.05, 3.63) is 30.1 Å². The second kappa shape index (κ2) is 7.92. The molecular weight excluding hydrogens is 351 g/mol. The Morgan fingerprint density at radius 3 is 2.52 bits per heavy atom. The molecule has 2 atom stereocenters. The Hall–Kier alpha value is -2.00. The van der Waals surface area contributed by atoms with Gasteiger partial charge >= 0.3 is 5.97 Å². The zero-order chi connectivity index (χ0) is 18.6. The summed E-state index contributed by atoms with van der Waals surface area (Å²) in [6.45, 7) is 2.41. The summed E-state index contributed by atoms with van der Waals surface area (Å²) in [7, 11) is -3.80. The van der Waals surface area contributed by atoms with Gasteiger partial charge in [0.25, 0.3) is 0 Å². The van der Waals surface area contributed by atoms with E-state index >= 15 is 0 Å². The summed E-state index contributed by atoms with van der Waals surface area (Å²) in [5.74, 6) is -2.22. The number of nitrogens with one attached hydrogen (secondary N) is 1. The van der Waals surface area contributed by atoms with Gasteiger partial charge in [0.1, 0.15) is 5.82 Å². The number of halogens is 1. The lowest BCUT2D eigenvalue weighted by Gasteiger charge is -2.35. The predicted molar refractivity (Wildman–Crippen MR) is 87.7 cm³/mol. The summed E-state index contributed by atoms with van der Waals surface area (Å²) in [6.07, 6.45) is 0.369. The van der Waals surface area contributed by atoms with Crippen molar-refractivity contribution >= 4 is 21.9 Å². The fourth-order valence-corrected chi connectivity index (χ4v) is 3.92. The number of nitrogens with zero attached hydrogens (tertiary/aromatic N) is 1. The average molecular weight is 372 g/mol. The molecule has 2 N–H and O–H groups in total. The molecule has 1 aromatic rings. The van der Waals surface area contributed by atoms with Crippen molar-refractivity contribution < 1.29 is 27.5 Å². The van der Waals surface area contributed by atoms with Gasteiger partial charge in [-0.3, -0.25) is 9.59 Å². The van der Waals surface area contributed by atoms with Crippen molar-refractivity contribution in [3.8, 4) is 0 Å². The van der Waals surface area contributed by atoms with Crippen LogP contribution in [0.2, 0.25) is 0 Å². The topological polar surface area (TPSA) is 104 Å². The summed E-state index contributed by atoms with van der Waals surface area (Å²) in [6, 6.07) is 4.40. The van der Waals surface area contributed by atoms with E-state index in [9.17, 15) is 22.4 Å². The smallest absolute Gasteiger partial charge is 0.306 e. The highest BCUT2D eigenvalue weighted by atomic mass is 32.2. The quantitative estimate of drug-likeness (QED) is 0.777. The molecule has 25 heavy (non-hydrogen) atoms. The third-order valence-electron chi connectivity index (χ3n) is 4.33. The number of benzene rings is 1. The number of carboxylic acids is 1. The molecule has 9 heteroatoms. The van der Waals surface area contributed by atoms with Gasteiger partial charge in [-0.2, -0.15) is 0 Å². The largest absolute Gasteiger partial charge is 0.481 e. The van der Waals surface area contributed by atoms with Crippen molar-refractivity contribution in [1.29, 1.82) is 0 Å². The third kappa shape index (κ3) is 4.99. The molecule has 0 bridgehead atoms. The van der Waals surface area contributed by atoms with Crippen LogP contribution in [0.15, 0.2) is 29.2 Å². The van der Waals surface area contributed by atoms with Crippen LogP contribution in [0.4, 0.5) is 4.39 Å². The van der Waals surface area contributed by atoms with Crippen molar-refractivity contribution in [2.24, 2.45) is 11.8 Å². The van der Waals surface area contributed by atoms with Gasteiger partial charge in [0, 0.05) is 26.1 Å². The number of rotatable bonds is 6. The Balaban J connectivity index is 1.84. The van der Waals surface area contributed by atoms with Crippen molar-refractivity contribution in [2.75, 3.05) is 19.6 Å². The van der Waals surface area contributed by atoms with Crippen LogP contribution < -0.4 is 4.72 Å². The molecule has 1 aliphatic heterocycles. The molecule has 0 aromatic heterocycles. The summed E-state index contributed by atoms with van der Waals surface area (Å²) in [4.78, 5) is 24.8. The Morgan fingerprint density at radius 1 is 1.32 bits per heavy atom. The highest BCUT2D eigenvalue weighted by molar-refractivity contribution is 7.89. The zero-order valence-corrected chi connectivity index (χ0v) is 14.6. The molecule has 1 fully saturated rings. The predicted octanol–water partition coefficient (Wildman–Crippen LogP) is 1.06. The first-order valence-electron chi connectivity index (χ1n) is 7.96. The van der Waals surface area contributed by atoms with Crippen molar-refractivity contribution in [1.82, 2.24) is 9.62 Å². The molecule has 1 aromatic carbocycles. The standard InChI is InChI=1S/C16H21FN2O5S/c1-11-10-19(9-7-14(11)16(21)22)15(20)6-8-18-25(23,24)13-4-2-12(17)3-5-13/h2-5,11,14,18H,6-10H2,1H3,(H,21,22). The van der Waals surface area contributed by atoms with Gasteiger partial charge in [0.05, 0.1) is 10.8 Å². The van der Waals surface area contributed by atoms with E-state index in [1.807, 2.05) is 0 Å². The molecule has 0 spiro atoms. The number of hydrogen-bond donors (Lipinski definition) is 2. The van der Waals surface area contributed by atoms with Crippen LogP contribution in [0, 0.1) is 17.7 Å². The highest BCUT2D eigenvalue weighted by Gasteiger charge is 2.32. The van der Waals surface area contributed by atoms with Gasteiger partial charge in [0.15, 0.2) is 0 Å². The molecule has 0 aliphatic carbocycles. The molecular formula is C16H21FN2O5S. The number of aliphatic carboxylic acids is 1. The minimum Gasteiger partial charge on any atom is -0.481 e. The normalized spacial score (nSPS) is 21.1. The highest BCUT2D eigenvalue weighted by Crippen LogP contribution is 2.23. The molecule has 2 rings (SSSR count). The average Bonchev–Trinajstić information content (AvgIpc) is 2.54. The van der Waals surface area contributed by atoms with Crippen molar-refractivity contribution in [2.45, 2.75) is 24.7 Å². The molecule has 0 radical (unpaired) electrons. The Morgan fingerprint density at radius 2 is 1.96 bits per heavy atom. The first-order valence-corrected chi connectivity index (χ1v) is 9.45. The first-order chi connectivity index (χ1) is 11.7. The number of carbonyl (C=O) groups excluding carboxylic acids is 1. The fourth-order valence-electron chi connectivity index (χ4n) is 2.89. The molecule has 1 saturated heterocycles.